The van der Waals surface area contributed by atoms with Crippen molar-refractivity contribution >= 4 is 18.0 Å². The van der Waals surface area contributed by atoms with Gasteiger partial charge >= 0.3 is 6.03 Å². The van der Waals surface area contributed by atoms with Crippen LogP contribution in [0, 0.1) is 0 Å². The smallest absolute Gasteiger partial charge is 0.303 e. The summed E-state index contributed by atoms with van der Waals surface area (Å²) in [5.41, 5.74) is 2.21. The molecule has 0 aliphatic carbocycles. The lowest BCUT2D eigenvalue weighted by Gasteiger charge is -2.11. The van der Waals surface area contributed by atoms with Crippen LogP contribution in [0.3, 0.4) is 0 Å². The summed E-state index contributed by atoms with van der Waals surface area (Å²) in [7, 11) is 0. The zero-order chi connectivity index (χ0) is 15.4. The number of aromatic nitrogens is 1. The van der Waals surface area contributed by atoms with Crippen LogP contribution >= 0.6 is 0 Å². The molecule has 110 valence electrons. The van der Waals surface area contributed by atoms with Crippen molar-refractivity contribution in [3.63, 3.8) is 0 Å². The molecule has 5 nitrogen and oxygen atoms in total. The van der Waals surface area contributed by atoms with E-state index in [1.165, 1.54) is 4.90 Å². The summed E-state index contributed by atoms with van der Waals surface area (Å²) in [6.07, 6.45) is 5.58. The van der Waals surface area contributed by atoms with Crippen LogP contribution in [0.2, 0.25) is 0 Å². The molecule has 1 saturated heterocycles. The third-order valence-electron chi connectivity index (χ3n) is 3.45. The highest BCUT2D eigenvalue weighted by molar-refractivity contribution is 6.13. The Kier molecular flexibility index (Phi) is 3.96. The van der Waals surface area contributed by atoms with Crippen LogP contribution in [-0.2, 0) is 11.2 Å². The molecule has 0 atom stereocenters. The van der Waals surface area contributed by atoms with E-state index < -0.39 is 0 Å². The number of hydrogen-bond donors (Lipinski definition) is 1. The van der Waals surface area contributed by atoms with E-state index in [1.54, 1.807) is 30.6 Å². The summed E-state index contributed by atoms with van der Waals surface area (Å²) in [6.45, 7) is 0.363. The Bertz CT molecular complexity index is 711. The Morgan fingerprint density at radius 2 is 1.77 bits per heavy atom. The minimum atomic E-state index is -0.374. The van der Waals surface area contributed by atoms with Gasteiger partial charge in [-0.05, 0) is 35.8 Å². The van der Waals surface area contributed by atoms with Gasteiger partial charge in [0.05, 0.1) is 0 Å². The van der Waals surface area contributed by atoms with E-state index in [9.17, 15) is 9.59 Å². The zero-order valence-electron chi connectivity index (χ0n) is 11.9. The summed E-state index contributed by atoms with van der Waals surface area (Å²) in [5.74, 6) is -0.294. The van der Waals surface area contributed by atoms with Crippen molar-refractivity contribution in [2.24, 2.45) is 0 Å². The molecule has 22 heavy (non-hydrogen) atoms. The van der Waals surface area contributed by atoms with Crippen LogP contribution in [0.1, 0.15) is 11.1 Å². The van der Waals surface area contributed by atoms with Crippen LogP contribution in [0.4, 0.5) is 4.79 Å². The molecule has 0 unspecified atom stereocenters. The molecule has 1 aliphatic rings. The first-order valence-electron chi connectivity index (χ1n) is 7.02. The number of urea groups is 1. The predicted octanol–water partition coefficient (Wildman–Crippen LogP) is 2.22. The molecule has 0 radical (unpaired) electrons. The summed E-state index contributed by atoms with van der Waals surface area (Å²) in [4.78, 5) is 29.4. The molecule has 2 aromatic rings. The van der Waals surface area contributed by atoms with Crippen molar-refractivity contribution in [3.05, 3.63) is 71.7 Å². The van der Waals surface area contributed by atoms with Crippen molar-refractivity contribution in [2.75, 3.05) is 6.54 Å². The minimum absolute atomic E-state index is 0.294. The second-order valence-corrected chi connectivity index (χ2v) is 4.96. The van der Waals surface area contributed by atoms with Crippen LogP contribution in [0.15, 0.2) is 60.6 Å². The van der Waals surface area contributed by atoms with Crippen molar-refractivity contribution in [1.82, 2.24) is 15.2 Å². The maximum atomic E-state index is 12.3. The molecule has 5 heteroatoms. The third kappa shape index (κ3) is 3.03. The number of benzene rings is 1. The Hall–Kier alpha value is -2.95. The number of nitrogens with one attached hydrogen (secondary N) is 1. The molecule has 1 aliphatic heterocycles. The lowest BCUT2D eigenvalue weighted by Crippen LogP contribution is -2.32. The van der Waals surface area contributed by atoms with Gasteiger partial charge in [0.2, 0.25) is 0 Å². The molecule has 1 N–H and O–H groups in total. The topological polar surface area (TPSA) is 62.3 Å². The summed E-state index contributed by atoms with van der Waals surface area (Å²) in [6, 6.07) is 13.0. The predicted molar refractivity (Wildman–Crippen MR) is 82.6 cm³/mol. The molecule has 1 aromatic heterocycles. The summed E-state index contributed by atoms with van der Waals surface area (Å²) < 4.78 is 0. The number of hydrogen-bond acceptors (Lipinski definition) is 3. The van der Waals surface area contributed by atoms with Crippen molar-refractivity contribution in [3.8, 4) is 0 Å². The lowest BCUT2D eigenvalue weighted by atomic mass is 10.1. The summed E-state index contributed by atoms with van der Waals surface area (Å²) >= 11 is 0. The molecule has 1 aromatic carbocycles. The molecular weight excluding hydrogens is 278 g/mol. The third-order valence-corrected chi connectivity index (χ3v) is 3.45. The average molecular weight is 293 g/mol. The number of pyridine rings is 1. The minimum Gasteiger partial charge on any atom is -0.303 e. The Morgan fingerprint density at radius 3 is 2.50 bits per heavy atom. The van der Waals surface area contributed by atoms with Crippen LogP contribution in [-0.4, -0.2) is 28.4 Å². The first kappa shape index (κ1) is 14.0. The Labute approximate surface area is 128 Å². The molecule has 3 rings (SSSR count). The summed E-state index contributed by atoms with van der Waals surface area (Å²) in [5, 5.41) is 2.62. The maximum Gasteiger partial charge on any atom is 0.329 e. The highest BCUT2D eigenvalue weighted by Crippen LogP contribution is 2.14. The lowest BCUT2D eigenvalue weighted by molar-refractivity contribution is -0.122. The fraction of sp³-hybridized carbons (Fsp3) is 0.118. The fourth-order valence-corrected chi connectivity index (χ4v) is 2.29. The number of rotatable bonds is 4. The van der Waals surface area contributed by atoms with E-state index in [0.717, 1.165) is 11.1 Å². The second-order valence-electron chi connectivity index (χ2n) is 4.96. The first-order valence-corrected chi connectivity index (χ1v) is 7.02. The van der Waals surface area contributed by atoms with Gasteiger partial charge in [0.1, 0.15) is 5.70 Å². The van der Waals surface area contributed by atoms with Gasteiger partial charge in [-0.25, -0.2) is 4.79 Å². The van der Waals surface area contributed by atoms with Gasteiger partial charge in [0, 0.05) is 18.9 Å². The van der Waals surface area contributed by atoms with Crippen LogP contribution in [0.25, 0.3) is 6.08 Å². The van der Waals surface area contributed by atoms with E-state index in [1.807, 2.05) is 30.3 Å². The van der Waals surface area contributed by atoms with E-state index >= 15 is 0 Å². The second kappa shape index (κ2) is 6.22. The van der Waals surface area contributed by atoms with Crippen LogP contribution < -0.4 is 5.32 Å². The fourth-order valence-electron chi connectivity index (χ4n) is 2.29. The monoisotopic (exact) mass is 293 g/mol. The number of imide groups is 1. The number of nitrogens with zero attached hydrogens (tertiary/aromatic N) is 2. The maximum absolute atomic E-state index is 12.3. The standard InChI is InChI=1S/C17H15N3O2/c21-16-15(12-14-6-9-18-10-7-14)19-17(22)20(16)11-8-13-4-2-1-3-5-13/h1-7,9-10,12H,8,11H2,(H,19,22). The van der Waals surface area contributed by atoms with Gasteiger partial charge in [0.25, 0.3) is 5.91 Å². The van der Waals surface area contributed by atoms with Gasteiger partial charge in [-0.2, -0.15) is 0 Å². The van der Waals surface area contributed by atoms with Crippen molar-refractivity contribution in [1.29, 1.82) is 0 Å². The molecule has 2 heterocycles. The van der Waals surface area contributed by atoms with Gasteiger partial charge in [-0.3, -0.25) is 14.7 Å². The van der Waals surface area contributed by atoms with Gasteiger partial charge in [-0.15, -0.1) is 0 Å². The van der Waals surface area contributed by atoms with Crippen LogP contribution in [0.5, 0.6) is 0 Å². The first-order chi connectivity index (χ1) is 10.7. The molecule has 1 fully saturated rings. The molecule has 0 saturated carbocycles. The normalized spacial score (nSPS) is 16.2. The molecular formula is C17H15N3O2. The van der Waals surface area contributed by atoms with E-state index in [0.29, 0.717) is 18.7 Å². The average Bonchev–Trinajstić information content (AvgIpc) is 2.81. The number of carbonyl (C=O) groups is 2. The van der Waals surface area contributed by atoms with E-state index in [4.69, 9.17) is 0 Å². The van der Waals surface area contributed by atoms with Crippen molar-refractivity contribution in [2.45, 2.75) is 6.42 Å². The SMILES string of the molecule is O=C1NC(=Cc2ccncc2)C(=O)N1CCc1ccccc1. The Morgan fingerprint density at radius 1 is 1.05 bits per heavy atom. The van der Waals surface area contributed by atoms with Gasteiger partial charge in [0.15, 0.2) is 0 Å². The highest BCUT2D eigenvalue weighted by Gasteiger charge is 2.32. The van der Waals surface area contributed by atoms with Gasteiger partial charge in [-0.1, -0.05) is 30.3 Å². The number of carbonyl (C=O) groups excluding carboxylic acids is 2. The van der Waals surface area contributed by atoms with E-state index in [-0.39, 0.29) is 11.9 Å². The van der Waals surface area contributed by atoms with E-state index in [2.05, 4.69) is 10.3 Å². The molecule has 3 amide bonds. The highest BCUT2D eigenvalue weighted by atomic mass is 16.2. The van der Waals surface area contributed by atoms with Gasteiger partial charge < -0.3 is 5.32 Å². The number of amides is 3. The largest absolute Gasteiger partial charge is 0.329 e. The zero-order valence-corrected chi connectivity index (χ0v) is 11.9. The van der Waals surface area contributed by atoms with Crippen molar-refractivity contribution < 1.29 is 9.59 Å². The quantitative estimate of drug-likeness (QED) is 0.694. The molecule has 0 bridgehead atoms. The Balaban J connectivity index is 1.71. The molecule has 0 spiro atoms.